The van der Waals surface area contributed by atoms with Gasteiger partial charge in [-0.2, -0.15) is 5.10 Å². The molecule has 6 heteroatoms. The van der Waals surface area contributed by atoms with Crippen LogP contribution < -0.4 is 4.74 Å². The second-order valence-electron chi connectivity index (χ2n) is 6.07. The highest BCUT2D eigenvalue weighted by atomic mass is 16.5. The zero-order valence-electron chi connectivity index (χ0n) is 14.1. The molecular formula is C18H21N5O. The van der Waals surface area contributed by atoms with Gasteiger partial charge in [-0.3, -0.25) is 4.68 Å². The molecule has 0 radical (unpaired) electrons. The fourth-order valence-corrected chi connectivity index (χ4v) is 3.41. The average Bonchev–Trinajstić information content (AvgIpc) is 3.31. The second-order valence-corrected chi connectivity index (χ2v) is 6.07. The van der Waals surface area contributed by atoms with Crippen LogP contribution in [-0.4, -0.2) is 31.7 Å². The maximum Gasteiger partial charge on any atom is 0.182 e. The van der Waals surface area contributed by atoms with Gasteiger partial charge in [0.1, 0.15) is 17.8 Å². The lowest BCUT2D eigenvalue weighted by Crippen LogP contribution is -2.07. The van der Waals surface area contributed by atoms with Gasteiger partial charge < -0.3 is 9.30 Å². The van der Waals surface area contributed by atoms with E-state index in [1.54, 1.807) is 13.4 Å². The molecule has 0 fully saturated rings. The standard InChI is InChI=1S/C18H21N5O/c1-3-23-17(15-5-4-6-16(15)21-23)18-20-19-12-22(18)11-13-7-9-14(24-2)10-8-13/h7-10,12H,3-6,11H2,1-2H3. The van der Waals surface area contributed by atoms with E-state index in [2.05, 4.69) is 38.5 Å². The third-order valence-corrected chi connectivity index (χ3v) is 4.61. The summed E-state index contributed by atoms with van der Waals surface area (Å²) in [7, 11) is 1.68. The molecule has 0 spiro atoms. The van der Waals surface area contributed by atoms with E-state index in [-0.39, 0.29) is 0 Å². The first-order chi connectivity index (χ1) is 11.8. The van der Waals surface area contributed by atoms with Gasteiger partial charge in [0.05, 0.1) is 19.3 Å². The maximum atomic E-state index is 5.22. The molecule has 0 saturated carbocycles. The van der Waals surface area contributed by atoms with Gasteiger partial charge >= 0.3 is 0 Å². The number of benzene rings is 1. The number of rotatable bonds is 5. The molecule has 2 aromatic heterocycles. The Kier molecular flexibility index (Phi) is 3.80. The molecule has 0 saturated heterocycles. The topological polar surface area (TPSA) is 57.8 Å². The van der Waals surface area contributed by atoms with E-state index in [0.29, 0.717) is 0 Å². The third kappa shape index (κ3) is 2.48. The molecule has 0 amide bonds. The minimum absolute atomic E-state index is 0.732. The predicted octanol–water partition coefficient (Wildman–Crippen LogP) is 2.71. The maximum absolute atomic E-state index is 5.22. The zero-order valence-corrected chi connectivity index (χ0v) is 14.1. The van der Waals surface area contributed by atoms with Crippen LogP contribution in [-0.2, 0) is 25.9 Å². The van der Waals surface area contributed by atoms with Gasteiger partial charge in [0, 0.05) is 12.1 Å². The van der Waals surface area contributed by atoms with E-state index in [4.69, 9.17) is 9.84 Å². The number of methoxy groups -OCH3 is 1. The van der Waals surface area contributed by atoms with Gasteiger partial charge in [0.15, 0.2) is 5.82 Å². The van der Waals surface area contributed by atoms with E-state index in [1.165, 1.54) is 23.2 Å². The van der Waals surface area contributed by atoms with Crippen LogP contribution in [0.1, 0.15) is 30.2 Å². The van der Waals surface area contributed by atoms with E-state index in [1.807, 2.05) is 12.1 Å². The van der Waals surface area contributed by atoms with Crippen molar-refractivity contribution in [2.24, 2.45) is 0 Å². The molecule has 0 N–H and O–H groups in total. The van der Waals surface area contributed by atoms with Crippen molar-refractivity contribution in [3.63, 3.8) is 0 Å². The molecule has 0 aliphatic heterocycles. The summed E-state index contributed by atoms with van der Waals surface area (Å²) in [5.41, 5.74) is 4.90. The van der Waals surface area contributed by atoms with E-state index >= 15 is 0 Å². The smallest absolute Gasteiger partial charge is 0.182 e. The number of aromatic nitrogens is 5. The molecule has 124 valence electrons. The van der Waals surface area contributed by atoms with Crippen molar-refractivity contribution < 1.29 is 4.74 Å². The van der Waals surface area contributed by atoms with Crippen LogP contribution in [0.15, 0.2) is 30.6 Å². The first kappa shape index (κ1) is 14.9. The van der Waals surface area contributed by atoms with Crippen molar-refractivity contribution in [2.45, 2.75) is 39.3 Å². The molecule has 0 atom stereocenters. The molecule has 4 rings (SSSR count). The lowest BCUT2D eigenvalue weighted by Gasteiger charge is -2.10. The zero-order chi connectivity index (χ0) is 16.5. The SMILES string of the molecule is CCn1nc2c(c1-c1nncn1Cc1ccc(OC)cc1)CCC2. The molecule has 0 bridgehead atoms. The highest BCUT2D eigenvalue weighted by Crippen LogP contribution is 2.31. The fraction of sp³-hybridized carbons (Fsp3) is 0.389. The van der Waals surface area contributed by atoms with Crippen molar-refractivity contribution in [1.82, 2.24) is 24.5 Å². The fourth-order valence-electron chi connectivity index (χ4n) is 3.41. The van der Waals surface area contributed by atoms with E-state index in [0.717, 1.165) is 43.2 Å². The first-order valence-corrected chi connectivity index (χ1v) is 8.39. The van der Waals surface area contributed by atoms with Gasteiger partial charge in [-0.05, 0) is 43.9 Å². The molecule has 24 heavy (non-hydrogen) atoms. The summed E-state index contributed by atoms with van der Waals surface area (Å²) >= 11 is 0. The summed E-state index contributed by atoms with van der Waals surface area (Å²) in [6.45, 7) is 3.70. The molecule has 1 aliphatic carbocycles. The van der Waals surface area contributed by atoms with Crippen molar-refractivity contribution in [3.05, 3.63) is 47.4 Å². The third-order valence-electron chi connectivity index (χ3n) is 4.61. The number of nitrogens with zero attached hydrogens (tertiary/aromatic N) is 5. The lowest BCUT2D eigenvalue weighted by atomic mass is 10.1. The molecule has 3 aromatic rings. The highest BCUT2D eigenvalue weighted by molar-refractivity contribution is 5.58. The Bertz CT molecular complexity index is 847. The highest BCUT2D eigenvalue weighted by Gasteiger charge is 2.25. The molecule has 6 nitrogen and oxygen atoms in total. The van der Waals surface area contributed by atoms with Crippen molar-refractivity contribution in [2.75, 3.05) is 7.11 Å². The number of fused-ring (bicyclic) bond motifs is 1. The number of hydrogen-bond donors (Lipinski definition) is 0. The van der Waals surface area contributed by atoms with Gasteiger partial charge in [-0.1, -0.05) is 12.1 Å². The van der Waals surface area contributed by atoms with E-state index in [9.17, 15) is 0 Å². The van der Waals surface area contributed by atoms with Gasteiger partial charge in [-0.15, -0.1) is 10.2 Å². The number of aryl methyl sites for hydroxylation is 2. The second kappa shape index (κ2) is 6.11. The molecule has 2 heterocycles. The summed E-state index contributed by atoms with van der Waals surface area (Å²) in [5, 5.41) is 13.3. The van der Waals surface area contributed by atoms with E-state index < -0.39 is 0 Å². The minimum atomic E-state index is 0.732. The summed E-state index contributed by atoms with van der Waals surface area (Å²) in [5.74, 6) is 1.77. The summed E-state index contributed by atoms with van der Waals surface area (Å²) in [6, 6.07) is 8.11. The Balaban J connectivity index is 1.70. The van der Waals surface area contributed by atoms with Crippen LogP contribution >= 0.6 is 0 Å². The summed E-state index contributed by atoms with van der Waals surface area (Å²) in [4.78, 5) is 0. The van der Waals surface area contributed by atoms with Crippen LogP contribution in [0.25, 0.3) is 11.5 Å². The Morgan fingerprint density at radius 3 is 2.75 bits per heavy atom. The van der Waals surface area contributed by atoms with Crippen molar-refractivity contribution in [1.29, 1.82) is 0 Å². The summed E-state index contributed by atoms with van der Waals surface area (Å²) < 4.78 is 9.39. The van der Waals surface area contributed by atoms with Crippen LogP contribution in [0.4, 0.5) is 0 Å². The first-order valence-electron chi connectivity index (χ1n) is 8.39. The Labute approximate surface area is 141 Å². The Morgan fingerprint density at radius 1 is 1.17 bits per heavy atom. The van der Waals surface area contributed by atoms with Crippen LogP contribution in [0.2, 0.25) is 0 Å². The number of hydrogen-bond acceptors (Lipinski definition) is 4. The van der Waals surface area contributed by atoms with Crippen molar-refractivity contribution >= 4 is 0 Å². The largest absolute Gasteiger partial charge is 0.497 e. The predicted molar refractivity (Wildman–Crippen MR) is 91.0 cm³/mol. The van der Waals surface area contributed by atoms with Crippen LogP contribution in [0.3, 0.4) is 0 Å². The quantitative estimate of drug-likeness (QED) is 0.724. The molecule has 1 aliphatic rings. The number of ether oxygens (including phenoxy) is 1. The normalized spacial score (nSPS) is 13.2. The molecule has 0 unspecified atom stereocenters. The molecular weight excluding hydrogens is 302 g/mol. The van der Waals surface area contributed by atoms with Crippen LogP contribution in [0.5, 0.6) is 5.75 Å². The lowest BCUT2D eigenvalue weighted by molar-refractivity contribution is 0.414. The van der Waals surface area contributed by atoms with Gasteiger partial charge in [-0.25, -0.2) is 0 Å². The molecule has 1 aromatic carbocycles. The summed E-state index contributed by atoms with van der Waals surface area (Å²) in [6.07, 6.45) is 5.14. The van der Waals surface area contributed by atoms with Gasteiger partial charge in [0.25, 0.3) is 0 Å². The monoisotopic (exact) mass is 323 g/mol. The van der Waals surface area contributed by atoms with Crippen LogP contribution in [0, 0.1) is 0 Å². The minimum Gasteiger partial charge on any atom is -0.497 e. The van der Waals surface area contributed by atoms with Gasteiger partial charge in [0.2, 0.25) is 0 Å². The van der Waals surface area contributed by atoms with Crippen molar-refractivity contribution in [3.8, 4) is 17.3 Å². The Morgan fingerprint density at radius 2 is 2.00 bits per heavy atom. The Hall–Kier alpha value is -2.63. The average molecular weight is 323 g/mol.